The van der Waals surface area contributed by atoms with Gasteiger partial charge in [0.15, 0.2) is 0 Å². The van der Waals surface area contributed by atoms with Gasteiger partial charge in [-0.1, -0.05) is 0 Å². The number of carbonyl (C=O) groups excluding carboxylic acids is 1. The summed E-state index contributed by atoms with van der Waals surface area (Å²) in [6.07, 6.45) is -3.21. The minimum Gasteiger partial charge on any atom is -0.392 e. The average molecular weight is 384 g/mol. The van der Waals surface area contributed by atoms with Gasteiger partial charge in [-0.2, -0.15) is 13.2 Å². The van der Waals surface area contributed by atoms with Crippen LogP contribution in [0.15, 0.2) is 27.9 Å². The van der Waals surface area contributed by atoms with Crippen molar-refractivity contribution < 1.29 is 18.0 Å². The van der Waals surface area contributed by atoms with Gasteiger partial charge in [-0.25, -0.2) is 9.78 Å². The maximum absolute atomic E-state index is 12.6. The Morgan fingerprint density at radius 1 is 1.30 bits per heavy atom. The first-order valence-corrected chi connectivity index (χ1v) is 7.86. The Morgan fingerprint density at radius 3 is 2.67 bits per heavy atom. The van der Waals surface area contributed by atoms with E-state index in [9.17, 15) is 27.6 Å². The Bertz CT molecular complexity index is 966. The summed E-state index contributed by atoms with van der Waals surface area (Å²) in [6, 6.07) is 1.85. The lowest BCUT2D eigenvalue weighted by Gasteiger charge is -2.18. The van der Waals surface area contributed by atoms with E-state index >= 15 is 0 Å². The average Bonchev–Trinajstić information content (AvgIpc) is 3.05. The second-order valence-electron chi connectivity index (χ2n) is 6.00. The second-order valence-corrected chi connectivity index (χ2v) is 6.00. The van der Waals surface area contributed by atoms with Crippen LogP contribution in [-0.2, 0) is 6.18 Å². The highest BCUT2D eigenvalue weighted by Crippen LogP contribution is 2.29. The van der Waals surface area contributed by atoms with Gasteiger partial charge in [0, 0.05) is 25.3 Å². The summed E-state index contributed by atoms with van der Waals surface area (Å²) in [5.74, 6) is -0.369. The molecule has 0 radical (unpaired) electrons. The maximum atomic E-state index is 12.6. The van der Waals surface area contributed by atoms with E-state index < -0.39 is 34.6 Å². The second kappa shape index (κ2) is 6.78. The molecule has 1 unspecified atom stereocenters. The Labute approximate surface area is 149 Å². The number of H-pyrrole nitrogens is 2. The number of nitrogen functional groups attached to an aromatic ring is 1. The van der Waals surface area contributed by atoms with Crippen molar-refractivity contribution in [3.8, 4) is 0 Å². The fourth-order valence-corrected chi connectivity index (χ4v) is 2.76. The number of rotatable bonds is 3. The molecule has 2 aromatic rings. The van der Waals surface area contributed by atoms with Crippen LogP contribution in [0.25, 0.3) is 0 Å². The number of anilines is 2. The van der Waals surface area contributed by atoms with Gasteiger partial charge in [0.1, 0.15) is 17.2 Å². The third-order valence-corrected chi connectivity index (χ3v) is 4.13. The number of hydrogen-bond donors (Lipinski definition) is 4. The Kier molecular flexibility index (Phi) is 4.64. The summed E-state index contributed by atoms with van der Waals surface area (Å²) >= 11 is 0. The van der Waals surface area contributed by atoms with Crippen molar-refractivity contribution in [1.82, 2.24) is 20.3 Å². The molecule has 1 atom stereocenters. The number of aromatic nitrogens is 3. The smallest absolute Gasteiger partial charge is 0.392 e. The largest absolute Gasteiger partial charge is 0.417 e. The van der Waals surface area contributed by atoms with Gasteiger partial charge < -0.3 is 20.9 Å². The highest BCUT2D eigenvalue weighted by molar-refractivity contribution is 5.97. The summed E-state index contributed by atoms with van der Waals surface area (Å²) in [6.45, 7) is 0.766. The van der Waals surface area contributed by atoms with Crippen LogP contribution in [0.1, 0.15) is 22.5 Å². The number of alkyl halides is 3. The standard InChI is InChI=1S/C15H15F3N6O3/c16-15(17,18)7-1-2-9(20-5-7)24-4-3-8(6-24)21-13(26)11-10(19)12(25)23-14(27)22-11/h1-2,5,8H,3-4,6,19H2,(H,21,26)(H2,22,23,25,27). The minimum absolute atomic E-state index is 0.303. The number of aromatic amines is 2. The zero-order valence-electron chi connectivity index (χ0n) is 13.8. The van der Waals surface area contributed by atoms with Crippen LogP contribution in [0, 0.1) is 0 Å². The minimum atomic E-state index is -4.46. The topological polar surface area (TPSA) is 137 Å². The zero-order chi connectivity index (χ0) is 19.8. The van der Waals surface area contributed by atoms with E-state index in [0.717, 1.165) is 12.3 Å². The van der Waals surface area contributed by atoms with Crippen LogP contribution in [0.3, 0.4) is 0 Å². The lowest BCUT2D eigenvalue weighted by molar-refractivity contribution is -0.137. The highest BCUT2D eigenvalue weighted by Gasteiger charge is 2.31. The number of carbonyl (C=O) groups is 1. The number of nitrogens with two attached hydrogens (primary N) is 1. The molecule has 3 rings (SSSR count). The molecule has 0 spiro atoms. The molecule has 144 valence electrons. The molecule has 5 N–H and O–H groups in total. The van der Waals surface area contributed by atoms with Gasteiger partial charge in [0.05, 0.1) is 5.56 Å². The van der Waals surface area contributed by atoms with Crippen LogP contribution in [0.5, 0.6) is 0 Å². The first-order valence-electron chi connectivity index (χ1n) is 7.86. The molecule has 0 bridgehead atoms. The van der Waals surface area contributed by atoms with E-state index in [1.54, 1.807) is 4.90 Å². The van der Waals surface area contributed by atoms with Gasteiger partial charge in [-0.05, 0) is 18.6 Å². The van der Waals surface area contributed by atoms with Crippen molar-refractivity contribution in [3.05, 3.63) is 50.4 Å². The third kappa shape index (κ3) is 3.93. The van der Waals surface area contributed by atoms with Crippen LogP contribution >= 0.6 is 0 Å². The summed E-state index contributed by atoms with van der Waals surface area (Å²) in [5.41, 5.74) is 2.19. The van der Waals surface area contributed by atoms with E-state index in [2.05, 4.69) is 15.3 Å². The molecule has 3 heterocycles. The molecule has 0 aliphatic carbocycles. The predicted molar refractivity (Wildman–Crippen MR) is 89.4 cm³/mol. The Morgan fingerprint density at radius 2 is 2.04 bits per heavy atom. The summed E-state index contributed by atoms with van der Waals surface area (Å²) in [4.78, 5) is 44.6. The fraction of sp³-hybridized carbons (Fsp3) is 0.333. The van der Waals surface area contributed by atoms with Crippen molar-refractivity contribution >= 4 is 17.4 Å². The van der Waals surface area contributed by atoms with E-state index in [1.807, 2.05) is 4.98 Å². The predicted octanol–water partition coefficient (Wildman–Crippen LogP) is 0.0679. The molecular weight excluding hydrogens is 369 g/mol. The normalized spacial score (nSPS) is 17.1. The van der Waals surface area contributed by atoms with Gasteiger partial charge in [0.2, 0.25) is 0 Å². The van der Waals surface area contributed by atoms with E-state index in [0.29, 0.717) is 25.3 Å². The monoisotopic (exact) mass is 384 g/mol. The molecule has 1 aliphatic heterocycles. The first kappa shape index (κ1) is 18.5. The molecule has 9 nitrogen and oxygen atoms in total. The van der Waals surface area contributed by atoms with Crippen molar-refractivity contribution in [1.29, 1.82) is 0 Å². The number of halogens is 3. The molecule has 2 aromatic heterocycles. The highest BCUT2D eigenvalue weighted by atomic mass is 19.4. The summed E-state index contributed by atoms with van der Waals surface area (Å²) in [5, 5.41) is 2.63. The van der Waals surface area contributed by atoms with Crippen molar-refractivity contribution in [2.24, 2.45) is 0 Å². The van der Waals surface area contributed by atoms with Crippen LogP contribution in [0.4, 0.5) is 24.7 Å². The van der Waals surface area contributed by atoms with Crippen molar-refractivity contribution in [2.75, 3.05) is 23.7 Å². The van der Waals surface area contributed by atoms with Crippen LogP contribution < -0.4 is 27.2 Å². The Hall–Kier alpha value is -3.31. The third-order valence-electron chi connectivity index (χ3n) is 4.13. The number of amides is 1. The molecule has 1 amide bonds. The molecule has 12 heteroatoms. The van der Waals surface area contributed by atoms with Crippen molar-refractivity contribution in [2.45, 2.75) is 18.6 Å². The summed E-state index contributed by atoms with van der Waals surface area (Å²) in [7, 11) is 0. The molecule has 1 fully saturated rings. The number of nitrogens with zero attached hydrogens (tertiary/aromatic N) is 2. The molecule has 27 heavy (non-hydrogen) atoms. The van der Waals surface area contributed by atoms with Gasteiger partial charge in [0.25, 0.3) is 11.5 Å². The maximum Gasteiger partial charge on any atom is 0.417 e. The number of pyridine rings is 1. The Balaban J connectivity index is 1.67. The summed E-state index contributed by atoms with van der Waals surface area (Å²) < 4.78 is 37.8. The van der Waals surface area contributed by atoms with Gasteiger partial charge >= 0.3 is 11.9 Å². The van der Waals surface area contributed by atoms with Crippen LogP contribution in [0.2, 0.25) is 0 Å². The van der Waals surface area contributed by atoms with Crippen molar-refractivity contribution in [3.63, 3.8) is 0 Å². The van der Waals surface area contributed by atoms with Gasteiger partial charge in [-0.15, -0.1) is 0 Å². The van der Waals surface area contributed by atoms with Crippen LogP contribution in [-0.4, -0.2) is 40.0 Å². The quantitative estimate of drug-likeness (QED) is 0.591. The molecule has 0 saturated carbocycles. The SMILES string of the molecule is Nc1c(C(=O)NC2CCN(c3ccc(C(F)(F)F)cn3)C2)[nH]c(=O)[nH]c1=O. The van der Waals surface area contributed by atoms with E-state index in [-0.39, 0.29) is 11.7 Å². The molecule has 1 aliphatic rings. The molecular formula is C15H15F3N6O3. The fourth-order valence-electron chi connectivity index (χ4n) is 2.76. The van der Waals surface area contributed by atoms with E-state index in [1.165, 1.54) is 6.07 Å². The molecule has 0 aromatic carbocycles. The lowest BCUT2D eigenvalue weighted by atomic mass is 10.2. The van der Waals surface area contributed by atoms with Gasteiger partial charge in [-0.3, -0.25) is 14.6 Å². The lowest BCUT2D eigenvalue weighted by Crippen LogP contribution is -2.40. The van der Waals surface area contributed by atoms with E-state index in [4.69, 9.17) is 5.73 Å². The number of nitrogens with one attached hydrogen (secondary N) is 3. The number of hydrogen-bond acceptors (Lipinski definition) is 6. The first-order chi connectivity index (χ1) is 12.6. The zero-order valence-corrected chi connectivity index (χ0v) is 13.8. The molecule has 1 saturated heterocycles.